The number of piperidine rings is 1. The molecule has 3 nitrogen and oxygen atoms in total. The third kappa shape index (κ3) is 3.09. The van der Waals surface area contributed by atoms with Crippen LogP contribution in [0.25, 0.3) is 0 Å². The Labute approximate surface area is 139 Å². The van der Waals surface area contributed by atoms with Crippen LogP contribution in [0.15, 0.2) is 30.3 Å². The Morgan fingerprint density at radius 3 is 2.65 bits per heavy atom. The average molecular weight is 313 g/mol. The fourth-order valence-electron chi connectivity index (χ4n) is 4.95. The molecule has 4 atom stereocenters. The number of benzene rings is 1. The van der Waals surface area contributed by atoms with Gasteiger partial charge in [0.15, 0.2) is 0 Å². The molecule has 1 aromatic rings. The summed E-state index contributed by atoms with van der Waals surface area (Å²) < 4.78 is 6.23. The molecule has 2 bridgehead atoms. The van der Waals surface area contributed by atoms with Crippen LogP contribution in [0.1, 0.15) is 37.7 Å². The van der Waals surface area contributed by atoms with Crippen LogP contribution < -0.4 is 0 Å². The number of fused-ring (bicyclic) bond motifs is 2. The Kier molecular flexibility index (Phi) is 4.50. The van der Waals surface area contributed by atoms with Gasteiger partial charge in [-0.3, -0.25) is 9.69 Å². The number of nitrogens with zero attached hydrogens (tertiary/aromatic N) is 1. The smallest absolute Gasteiger partial charge is 0.138 e. The fraction of sp³-hybridized carbons (Fsp3) is 0.650. The minimum atomic E-state index is 0.250. The van der Waals surface area contributed by atoms with Crippen molar-refractivity contribution in [2.45, 2.75) is 50.7 Å². The lowest BCUT2D eigenvalue weighted by molar-refractivity contribution is -0.124. The Balaban J connectivity index is 1.35. The van der Waals surface area contributed by atoms with Gasteiger partial charge in [-0.15, -0.1) is 0 Å². The van der Waals surface area contributed by atoms with Crippen molar-refractivity contribution in [3.63, 3.8) is 0 Å². The van der Waals surface area contributed by atoms with Crippen LogP contribution in [-0.4, -0.2) is 42.5 Å². The molecule has 1 heterocycles. The molecule has 124 valence electrons. The van der Waals surface area contributed by atoms with Crippen molar-refractivity contribution in [3.05, 3.63) is 35.9 Å². The van der Waals surface area contributed by atoms with Gasteiger partial charge in [0.05, 0.1) is 12.7 Å². The summed E-state index contributed by atoms with van der Waals surface area (Å²) in [6, 6.07) is 11.0. The van der Waals surface area contributed by atoms with Crippen LogP contribution in [0.5, 0.6) is 0 Å². The van der Waals surface area contributed by atoms with Crippen molar-refractivity contribution in [2.24, 2.45) is 11.8 Å². The van der Waals surface area contributed by atoms with Crippen molar-refractivity contribution in [3.8, 4) is 0 Å². The second-order valence-corrected chi connectivity index (χ2v) is 7.41. The second-order valence-electron chi connectivity index (χ2n) is 7.41. The van der Waals surface area contributed by atoms with E-state index in [-0.39, 0.29) is 5.92 Å². The Bertz CT molecular complexity index is 538. The van der Waals surface area contributed by atoms with Gasteiger partial charge in [-0.05, 0) is 44.3 Å². The lowest BCUT2D eigenvalue weighted by Crippen LogP contribution is -2.43. The molecule has 23 heavy (non-hydrogen) atoms. The number of carbonyl (C=O) groups excluding carboxylic acids is 1. The topological polar surface area (TPSA) is 29.5 Å². The number of hydrogen-bond acceptors (Lipinski definition) is 3. The molecule has 3 heteroatoms. The number of hydrogen-bond donors (Lipinski definition) is 0. The molecular formula is C20H27NO2. The standard InChI is InChI=1S/C20H27NO2/c22-18-13-17-19(23-12-9-15-7-3-1-4-8-15)14-16(18)20(17)21-10-5-2-6-11-21/h1,3-4,7-8,16-17,19-20H,2,5-6,9-14H2. The molecule has 0 amide bonds. The first-order valence-corrected chi connectivity index (χ1v) is 9.25. The normalized spacial score (nSPS) is 34.2. The van der Waals surface area contributed by atoms with Gasteiger partial charge in [-0.2, -0.15) is 0 Å². The predicted octanol–water partition coefficient (Wildman–Crippen LogP) is 3.08. The van der Waals surface area contributed by atoms with Crippen LogP contribution in [-0.2, 0) is 16.0 Å². The van der Waals surface area contributed by atoms with Gasteiger partial charge in [-0.25, -0.2) is 0 Å². The van der Waals surface area contributed by atoms with E-state index in [0.29, 0.717) is 23.8 Å². The highest BCUT2D eigenvalue weighted by atomic mass is 16.5. The van der Waals surface area contributed by atoms with Crippen molar-refractivity contribution in [1.29, 1.82) is 0 Å². The molecule has 4 unspecified atom stereocenters. The molecule has 0 spiro atoms. The highest BCUT2D eigenvalue weighted by molar-refractivity contribution is 5.86. The summed E-state index contributed by atoms with van der Waals surface area (Å²) >= 11 is 0. The lowest BCUT2D eigenvalue weighted by atomic mass is 9.96. The lowest BCUT2D eigenvalue weighted by Gasteiger charge is -2.35. The summed E-state index contributed by atoms with van der Waals surface area (Å²) in [7, 11) is 0. The molecule has 0 aromatic heterocycles. The first-order valence-electron chi connectivity index (χ1n) is 9.25. The number of Topliss-reactive ketones (excluding diaryl/α,β-unsaturated/α-hetero) is 1. The van der Waals surface area contributed by atoms with E-state index in [2.05, 4.69) is 35.2 Å². The molecule has 3 fully saturated rings. The number of carbonyl (C=O) groups is 1. The van der Waals surface area contributed by atoms with E-state index in [4.69, 9.17) is 4.74 Å². The van der Waals surface area contributed by atoms with E-state index < -0.39 is 0 Å². The van der Waals surface area contributed by atoms with Gasteiger partial charge >= 0.3 is 0 Å². The number of ketones is 1. The molecule has 0 radical (unpaired) electrons. The average Bonchev–Trinajstić information content (AvgIpc) is 3.10. The first-order chi connectivity index (χ1) is 11.3. The van der Waals surface area contributed by atoms with Crippen LogP contribution in [0.4, 0.5) is 0 Å². The molecule has 1 aliphatic heterocycles. The first kappa shape index (κ1) is 15.3. The molecule has 1 aromatic carbocycles. The highest BCUT2D eigenvalue weighted by Crippen LogP contribution is 2.47. The van der Waals surface area contributed by atoms with Gasteiger partial charge in [-0.1, -0.05) is 36.8 Å². The predicted molar refractivity (Wildman–Crippen MR) is 90.3 cm³/mol. The molecule has 1 saturated heterocycles. The molecule has 2 aliphatic carbocycles. The van der Waals surface area contributed by atoms with Gasteiger partial charge in [0.1, 0.15) is 5.78 Å². The van der Waals surface area contributed by atoms with Crippen molar-refractivity contribution < 1.29 is 9.53 Å². The number of rotatable bonds is 5. The third-order valence-electron chi connectivity index (χ3n) is 6.04. The van der Waals surface area contributed by atoms with E-state index in [1.165, 1.54) is 37.9 Å². The molecule has 2 saturated carbocycles. The Hall–Kier alpha value is -1.19. The largest absolute Gasteiger partial charge is 0.377 e. The molecule has 3 aliphatic rings. The second kappa shape index (κ2) is 6.74. The SMILES string of the molecule is O=C1CC2C(OCCc3ccccc3)CC1C2N1CCCCC1. The van der Waals surface area contributed by atoms with E-state index in [1.54, 1.807) is 0 Å². The zero-order valence-electron chi connectivity index (χ0n) is 13.8. The Morgan fingerprint density at radius 2 is 1.87 bits per heavy atom. The van der Waals surface area contributed by atoms with E-state index >= 15 is 0 Å². The van der Waals surface area contributed by atoms with E-state index in [9.17, 15) is 4.79 Å². The van der Waals surface area contributed by atoms with Crippen LogP contribution in [0.3, 0.4) is 0 Å². The summed E-state index contributed by atoms with van der Waals surface area (Å²) in [5.74, 6) is 1.19. The quantitative estimate of drug-likeness (QED) is 0.836. The minimum Gasteiger partial charge on any atom is -0.377 e. The maximum absolute atomic E-state index is 12.2. The monoisotopic (exact) mass is 313 g/mol. The van der Waals surface area contributed by atoms with Crippen LogP contribution in [0, 0.1) is 11.8 Å². The summed E-state index contributed by atoms with van der Waals surface area (Å²) in [6.45, 7) is 3.14. The van der Waals surface area contributed by atoms with Crippen molar-refractivity contribution in [2.75, 3.05) is 19.7 Å². The zero-order valence-corrected chi connectivity index (χ0v) is 13.8. The maximum atomic E-state index is 12.2. The zero-order chi connectivity index (χ0) is 15.6. The molecule has 4 rings (SSSR count). The molecular weight excluding hydrogens is 286 g/mol. The third-order valence-corrected chi connectivity index (χ3v) is 6.04. The highest BCUT2D eigenvalue weighted by Gasteiger charge is 2.55. The van der Waals surface area contributed by atoms with Gasteiger partial charge in [0.2, 0.25) is 0 Å². The van der Waals surface area contributed by atoms with Crippen molar-refractivity contribution in [1.82, 2.24) is 4.90 Å². The van der Waals surface area contributed by atoms with E-state index in [1.807, 2.05) is 0 Å². The molecule has 0 N–H and O–H groups in total. The van der Waals surface area contributed by atoms with E-state index in [0.717, 1.165) is 25.9 Å². The van der Waals surface area contributed by atoms with Crippen molar-refractivity contribution >= 4 is 5.78 Å². The summed E-state index contributed by atoms with van der Waals surface area (Å²) in [6.07, 6.45) is 6.92. The minimum absolute atomic E-state index is 0.250. The van der Waals surface area contributed by atoms with Gasteiger partial charge in [0, 0.05) is 24.3 Å². The number of ether oxygens (including phenoxy) is 1. The summed E-state index contributed by atoms with van der Waals surface area (Å²) in [4.78, 5) is 14.8. The van der Waals surface area contributed by atoms with Crippen LogP contribution >= 0.6 is 0 Å². The number of likely N-dealkylation sites (tertiary alicyclic amines) is 1. The van der Waals surface area contributed by atoms with Gasteiger partial charge in [0.25, 0.3) is 0 Å². The van der Waals surface area contributed by atoms with Gasteiger partial charge < -0.3 is 4.74 Å². The Morgan fingerprint density at radius 1 is 1.09 bits per heavy atom. The maximum Gasteiger partial charge on any atom is 0.138 e. The summed E-state index contributed by atoms with van der Waals surface area (Å²) in [5.41, 5.74) is 1.33. The summed E-state index contributed by atoms with van der Waals surface area (Å²) in [5, 5.41) is 0. The van der Waals surface area contributed by atoms with Crippen LogP contribution in [0.2, 0.25) is 0 Å². The fourth-order valence-corrected chi connectivity index (χ4v) is 4.95.